The van der Waals surface area contributed by atoms with Crippen molar-refractivity contribution in [3.8, 4) is 0 Å². The molecule has 3 N–H and O–H groups in total. The summed E-state index contributed by atoms with van der Waals surface area (Å²) in [4.78, 5) is 61.0. The molecule has 0 saturated carbocycles. The lowest BCUT2D eigenvalue weighted by Gasteiger charge is -2.22. The molecule has 0 bridgehead atoms. The molecule has 0 aliphatic heterocycles. The Morgan fingerprint density at radius 2 is 1.42 bits per heavy atom. The lowest BCUT2D eigenvalue weighted by Crippen LogP contribution is -2.53. The first-order chi connectivity index (χ1) is 15.8. The number of carboxylic acid groups (broad SMARTS) is 1. The predicted octanol–water partition coefficient (Wildman–Crippen LogP) is 0.947. The van der Waals surface area contributed by atoms with Crippen molar-refractivity contribution in [3.63, 3.8) is 0 Å². The number of nitrogens with one attached hydrogen (secondary N) is 2. The van der Waals surface area contributed by atoms with Gasteiger partial charge >= 0.3 is 17.9 Å². The number of hydrogen-bond acceptors (Lipinski definition) is 7. The van der Waals surface area contributed by atoms with Crippen LogP contribution in [0.15, 0.2) is 54.6 Å². The topological polar surface area (TPSA) is 148 Å². The Morgan fingerprint density at radius 1 is 0.818 bits per heavy atom. The molecule has 174 valence electrons. The van der Waals surface area contributed by atoms with Crippen molar-refractivity contribution in [2.45, 2.75) is 24.9 Å². The van der Waals surface area contributed by atoms with Crippen LogP contribution in [0.3, 0.4) is 0 Å². The standard InChI is InChI=1S/C23H24N2O8/c1-32-19(26)13-18(23(31)33-2)25-21(28)17(12-14-8-4-3-5-9-14)24-20(27)15-10-6-7-11-16(15)22(29)30/h3-11,17-18H,12-13H2,1-2H3,(H,24,27)(H,25,28)(H,29,30)/t17-,18+/m0/s1. The maximum absolute atomic E-state index is 13.0. The van der Waals surface area contributed by atoms with Crippen LogP contribution in [-0.4, -0.2) is 61.1 Å². The number of ether oxygens (including phenoxy) is 2. The Labute approximate surface area is 189 Å². The molecule has 2 rings (SSSR count). The van der Waals surface area contributed by atoms with Gasteiger partial charge in [0, 0.05) is 6.42 Å². The van der Waals surface area contributed by atoms with Crippen LogP contribution >= 0.6 is 0 Å². The number of aromatic carboxylic acids is 1. The van der Waals surface area contributed by atoms with Gasteiger partial charge in [-0.2, -0.15) is 0 Å². The van der Waals surface area contributed by atoms with E-state index in [1.165, 1.54) is 24.3 Å². The van der Waals surface area contributed by atoms with Crippen LogP contribution in [0.25, 0.3) is 0 Å². The first-order valence-electron chi connectivity index (χ1n) is 9.89. The first-order valence-corrected chi connectivity index (χ1v) is 9.89. The molecule has 2 aromatic rings. The highest BCUT2D eigenvalue weighted by Crippen LogP contribution is 2.11. The van der Waals surface area contributed by atoms with Gasteiger partial charge in [-0.05, 0) is 17.7 Å². The smallest absolute Gasteiger partial charge is 0.336 e. The number of carbonyl (C=O) groups excluding carboxylic acids is 4. The molecule has 0 aliphatic carbocycles. The van der Waals surface area contributed by atoms with Crippen molar-refractivity contribution < 1.29 is 38.6 Å². The Kier molecular flexibility index (Phi) is 9.10. The second-order valence-corrected chi connectivity index (χ2v) is 6.93. The van der Waals surface area contributed by atoms with Crippen LogP contribution in [0, 0.1) is 0 Å². The zero-order valence-electron chi connectivity index (χ0n) is 18.1. The second-order valence-electron chi connectivity index (χ2n) is 6.93. The summed E-state index contributed by atoms with van der Waals surface area (Å²) in [7, 11) is 2.24. The number of rotatable bonds is 10. The van der Waals surface area contributed by atoms with Crippen molar-refractivity contribution in [2.75, 3.05) is 14.2 Å². The van der Waals surface area contributed by atoms with Crippen molar-refractivity contribution >= 4 is 29.7 Å². The number of esters is 2. The monoisotopic (exact) mass is 456 g/mol. The number of benzene rings is 2. The number of methoxy groups -OCH3 is 2. The summed E-state index contributed by atoms with van der Waals surface area (Å²) in [6, 6.07) is 11.8. The molecule has 0 spiro atoms. The van der Waals surface area contributed by atoms with Gasteiger partial charge in [0.1, 0.15) is 12.1 Å². The minimum atomic E-state index is -1.34. The number of carboxylic acids is 1. The van der Waals surface area contributed by atoms with Gasteiger partial charge in [0.15, 0.2) is 0 Å². The molecule has 2 atom stereocenters. The molecule has 0 aliphatic rings. The van der Waals surface area contributed by atoms with E-state index in [4.69, 9.17) is 0 Å². The molecule has 2 aromatic carbocycles. The fourth-order valence-electron chi connectivity index (χ4n) is 3.02. The molecule has 0 unspecified atom stereocenters. The third-order valence-corrected chi connectivity index (χ3v) is 4.71. The van der Waals surface area contributed by atoms with Crippen LogP contribution in [0.4, 0.5) is 0 Å². The number of hydrogen-bond donors (Lipinski definition) is 3. The maximum atomic E-state index is 13.0. The van der Waals surface area contributed by atoms with E-state index in [1.54, 1.807) is 30.3 Å². The summed E-state index contributed by atoms with van der Waals surface area (Å²) >= 11 is 0. The fraction of sp³-hybridized carbons (Fsp3) is 0.261. The summed E-state index contributed by atoms with van der Waals surface area (Å²) in [5, 5.41) is 14.3. The third kappa shape index (κ3) is 7.17. The number of carbonyl (C=O) groups is 5. The highest BCUT2D eigenvalue weighted by molar-refractivity contribution is 6.06. The summed E-state index contributed by atoms with van der Waals surface area (Å²) in [6.07, 6.45) is -0.428. The van der Waals surface area contributed by atoms with E-state index < -0.39 is 48.2 Å². The second kappa shape index (κ2) is 12.0. The van der Waals surface area contributed by atoms with Gasteiger partial charge in [-0.1, -0.05) is 42.5 Å². The summed E-state index contributed by atoms with van der Waals surface area (Å²) in [5.41, 5.74) is 0.342. The molecule has 10 heteroatoms. The van der Waals surface area contributed by atoms with E-state index in [0.717, 1.165) is 14.2 Å². The van der Waals surface area contributed by atoms with E-state index in [1.807, 2.05) is 0 Å². The quantitative estimate of drug-likeness (QED) is 0.448. The zero-order chi connectivity index (χ0) is 24.4. The summed E-state index contributed by atoms with van der Waals surface area (Å²) < 4.78 is 9.18. The van der Waals surface area contributed by atoms with Gasteiger partial charge < -0.3 is 25.2 Å². The van der Waals surface area contributed by atoms with Crippen molar-refractivity contribution in [1.82, 2.24) is 10.6 Å². The van der Waals surface area contributed by atoms with Gasteiger partial charge in [0.05, 0.1) is 31.8 Å². The van der Waals surface area contributed by atoms with Gasteiger partial charge in [-0.25, -0.2) is 9.59 Å². The minimum absolute atomic E-state index is 0.0414. The lowest BCUT2D eigenvalue weighted by atomic mass is 10.0. The van der Waals surface area contributed by atoms with Crippen LogP contribution in [0.2, 0.25) is 0 Å². The number of amides is 2. The van der Waals surface area contributed by atoms with Crippen LogP contribution < -0.4 is 10.6 Å². The molecular weight excluding hydrogens is 432 g/mol. The molecule has 10 nitrogen and oxygen atoms in total. The lowest BCUT2D eigenvalue weighted by molar-refractivity contribution is -0.150. The highest BCUT2D eigenvalue weighted by atomic mass is 16.5. The van der Waals surface area contributed by atoms with E-state index in [9.17, 15) is 29.1 Å². The molecule has 0 fully saturated rings. The van der Waals surface area contributed by atoms with E-state index in [2.05, 4.69) is 20.1 Å². The zero-order valence-corrected chi connectivity index (χ0v) is 18.1. The van der Waals surface area contributed by atoms with Gasteiger partial charge in [0.2, 0.25) is 5.91 Å². The van der Waals surface area contributed by atoms with Crippen molar-refractivity contribution in [2.24, 2.45) is 0 Å². The average molecular weight is 456 g/mol. The van der Waals surface area contributed by atoms with Crippen LogP contribution in [0.1, 0.15) is 32.7 Å². The van der Waals surface area contributed by atoms with Gasteiger partial charge in [-0.3, -0.25) is 14.4 Å². The summed E-state index contributed by atoms with van der Waals surface area (Å²) in [6.45, 7) is 0. The highest BCUT2D eigenvalue weighted by Gasteiger charge is 2.30. The molecule has 0 aromatic heterocycles. The molecule has 0 heterocycles. The van der Waals surface area contributed by atoms with Gasteiger partial charge in [0.25, 0.3) is 5.91 Å². The third-order valence-electron chi connectivity index (χ3n) is 4.71. The van der Waals surface area contributed by atoms with E-state index in [0.29, 0.717) is 5.56 Å². The first kappa shape index (κ1) is 25.1. The molecule has 0 saturated heterocycles. The predicted molar refractivity (Wildman–Crippen MR) is 115 cm³/mol. The van der Waals surface area contributed by atoms with Gasteiger partial charge in [-0.15, -0.1) is 0 Å². The SMILES string of the molecule is COC(=O)C[C@@H](NC(=O)[C@H](Cc1ccccc1)NC(=O)c1ccccc1C(=O)O)C(=O)OC. The van der Waals surface area contributed by atoms with E-state index >= 15 is 0 Å². The van der Waals surface area contributed by atoms with E-state index in [-0.39, 0.29) is 17.5 Å². The minimum Gasteiger partial charge on any atom is -0.478 e. The Hall–Kier alpha value is -4.21. The molecular formula is C23H24N2O8. The van der Waals surface area contributed by atoms with Crippen LogP contribution in [0.5, 0.6) is 0 Å². The van der Waals surface area contributed by atoms with Crippen LogP contribution in [-0.2, 0) is 30.3 Å². The molecule has 2 amide bonds. The fourth-order valence-corrected chi connectivity index (χ4v) is 3.02. The Balaban J connectivity index is 2.30. The average Bonchev–Trinajstić information content (AvgIpc) is 2.82. The normalized spacial score (nSPS) is 12.1. The molecule has 33 heavy (non-hydrogen) atoms. The Morgan fingerprint density at radius 3 is 2.00 bits per heavy atom. The molecule has 0 radical (unpaired) electrons. The van der Waals surface area contributed by atoms with Crippen molar-refractivity contribution in [3.05, 3.63) is 71.3 Å². The maximum Gasteiger partial charge on any atom is 0.336 e. The Bertz CT molecular complexity index is 1020. The summed E-state index contributed by atoms with van der Waals surface area (Å²) in [5.74, 6) is -4.46. The largest absolute Gasteiger partial charge is 0.478 e. The van der Waals surface area contributed by atoms with Crippen molar-refractivity contribution in [1.29, 1.82) is 0 Å².